The van der Waals surface area contributed by atoms with Crippen LogP contribution in [-0.2, 0) is 11.3 Å². The van der Waals surface area contributed by atoms with Gasteiger partial charge in [-0.3, -0.25) is 4.79 Å². The molecule has 0 fully saturated rings. The molecule has 4 aromatic rings. The zero-order chi connectivity index (χ0) is 20.4. The van der Waals surface area contributed by atoms with E-state index in [1.54, 1.807) is 7.11 Å². The Hall–Kier alpha value is -3.28. The molecule has 2 unspecified atom stereocenters. The SMILES string of the molecule is CCC(C)C(NC(=O)Cn1ccc2cc(OC)ccc21)c1nc2ccccc2[nH]1. The average molecular weight is 390 g/mol. The van der Waals surface area contributed by atoms with Crippen LogP contribution in [0.25, 0.3) is 21.9 Å². The summed E-state index contributed by atoms with van der Waals surface area (Å²) in [5.74, 6) is 1.83. The lowest BCUT2D eigenvalue weighted by molar-refractivity contribution is -0.122. The van der Waals surface area contributed by atoms with Crippen LogP contribution in [0.1, 0.15) is 32.1 Å². The Labute approximate surface area is 169 Å². The molecule has 0 radical (unpaired) electrons. The van der Waals surface area contributed by atoms with E-state index < -0.39 is 0 Å². The van der Waals surface area contributed by atoms with Crippen molar-refractivity contribution < 1.29 is 9.53 Å². The molecule has 0 aliphatic heterocycles. The Balaban J connectivity index is 1.55. The number of aromatic nitrogens is 3. The van der Waals surface area contributed by atoms with Gasteiger partial charge in [0, 0.05) is 17.1 Å². The molecule has 29 heavy (non-hydrogen) atoms. The summed E-state index contributed by atoms with van der Waals surface area (Å²) in [6, 6.07) is 15.6. The van der Waals surface area contributed by atoms with Crippen LogP contribution in [0.5, 0.6) is 5.75 Å². The van der Waals surface area contributed by atoms with Crippen LogP contribution in [0, 0.1) is 5.92 Å². The number of aromatic amines is 1. The van der Waals surface area contributed by atoms with Crippen molar-refractivity contribution in [2.45, 2.75) is 32.9 Å². The zero-order valence-corrected chi connectivity index (χ0v) is 17.0. The Kier molecular flexibility index (Phi) is 5.25. The highest BCUT2D eigenvalue weighted by Gasteiger charge is 2.23. The maximum absolute atomic E-state index is 12.9. The van der Waals surface area contributed by atoms with E-state index in [9.17, 15) is 4.79 Å². The van der Waals surface area contributed by atoms with Gasteiger partial charge < -0.3 is 19.6 Å². The van der Waals surface area contributed by atoms with Crippen LogP contribution in [0.4, 0.5) is 0 Å². The fourth-order valence-electron chi connectivity index (χ4n) is 3.65. The number of rotatable bonds is 7. The third kappa shape index (κ3) is 3.83. The van der Waals surface area contributed by atoms with Crippen molar-refractivity contribution in [2.75, 3.05) is 7.11 Å². The van der Waals surface area contributed by atoms with Gasteiger partial charge in [0.1, 0.15) is 18.1 Å². The minimum Gasteiger partial charge on any atom is -0.497 e. The van der Waals surface area contributed by atoms with E-state index in [0.29, 0.717) is 0 Å². The third-order valence-corrected chi connectivity index (χ3v) is 5.52. The minimum absolute atomic E-state index is 0.0379. The van der Waals surface area contributed by atoms with Gasteiger partial charge in [0.2, 0.25) is 5.91 Å². The summed E-state index contributed by atoms with van der Waals surface area (Å²) in [5.41, 5.74) is 2.90. The van der Waals surface area contributed by atoms with Gasteiger partial charge in [-0.25, -0.2) is 4.98 Å². The average Bonchev–Trinajstić information content (AvgIpc) is 3.35. The first-order valence-electron chi connectivity index (χ1n) is 9.96. The Morgan fingerprint density at radius 3 is 2.83 bits per heavy atom. The van der Waals surface area contributed by atoms with Crippen molar-refractivity contribution >= 4 is 27.8 Å². The molecule has 2 heterocycles. The molecule has 0 spiro atoms. The van der Waals surface area contributed by atoms with E-state index in [4.69, 9.17) is 9.72 Å². The van der Waals surface area contributed by atoms with E-state index in [0.717, 1.165) is 39.9 Å². The van der Waals surface area contributed by atoms with Crippen molar-refractivity contribution in [3.63, 3.8) is 0 Å². The number of methoxy groups -OCH3 is 1. The van der Waals surface area contributed by atoms with Gasteiger partial charge in [0.15, 0.2) is 0 Å². The highest BCUT2D eigenvalue weighted by molar-refractivity contribution is 5.84. The molecular formula is C23H26N4O2. The second-order valence-corrected chi connectivity index (χ2v) is 7.44. The number of nitrogens with one attached hydrogen (secondary N) is 2. The summed E-state index contributed by atoms with van der Waals surface area (Å²) in [4.78, 5) is 21.0. The number of H-pyrrole nitrogens is 1. The summed E-state index contributed by atoms with van der Waals surface area (Å²) in [6.07, 6.45) is 2.87. The molecule has 0 saturated heterocycles. The monoisotopic (exact) mass is 390 g/mol. The van der Waals surface area contributed by atoms with Crippen LogP contribution in [-0.4, -0.2) is 27.6 Å². The largest absolute Gasteiger partial charge is 0.497 e. The van der Waals surface area contributed by atoms with Crippen molar-refractivity contribution in [2.24, 2.45) is 5.92 Å². The Morgan fingerprint density at radius 1 is 1.24 bits per heavy atom. The van der Waals surface area contributed by atoms with E-state index in [2.05, 4.69) is 24.1 Å². The lowest BCUT2D eigenvalue weighted by Crippen LogP contribution is -2.35. The Morgan fingerprint density at radius 2 is 2.07 bits per heavy atom. The number of para-hydroxylation sites is 2. The van der Waals surface area contributed by atoms with Gasteiger partial charge in [-0.05, 0) is 42.3 Å². The third-order valence-electron chi connectivity index (χ3n) is 5.52. The van der Waals surface area contributed by atoms with Gasteiger partial charge in [0.05, 0.1) is 24.2 Å². The van der Waals surface area contributed by atoms with E-state index in [1.165, 1.54) is 0 Å². The number of carbonyl (C=O) groups excluding carboxylic acids is 1. The molecule has 2 N–H and O–H groups in total. The molecule has 0 saturated carbocycles. The maximum Gasteiger partial charge on any atom is 0.240 e. The predicted octanol–water partition coefficient (Wildman–Crippen LogP) is 4.43. The standard InChI is InChI=1S/C23H26N4O2/c1-4-15(2)22(23-24-18-7-5-6-8-19(18)25-23)26-21(28)14-27-12-11-16-13-17(29-3)9-10-20(16)27/h5-13,15,22H,4,14H2,1-3H3,(H,24,25)(H,26,28). The predicted molar refractivity (Wildman–Crippen MR) is 115 cm³/mol. The highest BCUT2D eigenvalue weighted by atomic mass is 16.5. The number of nitrogens with zero attached hydrogens (tertiary/aromatic N) is 2. The molecule has 6 heteroatoms. The number of hydrogen-bond donors (Lipinski definition) is 2. The van der Waals surface area contributed by atoms with Crippen LogP contribution in [0.3, 0.4) is 0 Å². The fraction of sp³-hybridized carbons (Fsp3) is 0.304. The van der Waals surface area contributed by atoms with E-state index in [1.807, 2.05) is 59.3 Å². The first-order chi connectivity index (χ1) is 14.1. The van der Waals surface area contributed by atoms with Crippen LogP contribution in [0.15, 0.2) is 54.7 Å². The summed E-state index contributed by atoms with van der Waals surface area (Å²) < 4.78 is 7.23. The summed E-state index contributed by atoms with van der Waals surface area (Å²) in [5, 5.41) is 4.24. The van der Waals surface area contributed by atoms with Crippen LogP contribution < -0.4 is 10.1 Å². The topological polar surface area (TPSA) is 71.9 Å². The van der Waals surface area contributed by atoms with Gasteiger partial charge >= 0.3 is 0 Å². The van der Waals surface area contributed by atoms with Gasteiger partial charge in [-0.2, -0.15) is 0 Å². The molecule has 2 aromatic carbocycles. The number of imidazole rings is 1. The van der Waals surface area contributed by atoms with Gasteiger partial charge in [-0.15, -0.1) is 0 Å². The van der Waals surface area contributed by atoms with Crippen molar-refractivity contribution in [1.29, 1.82) is 0 Å². The molecule has 4 rings (SSSR count). The summed E-state index contributed by atoms with van der Waals surface area (Å²) in [6.45, 7) is 4.51. The zero-order valence-electron chi connectivity index (χ0n) is 17.0. The minimum atomic E-state index is -0.165. The smallest absolute Gasteiger partial charge is 0.240 e. The molecule has 2 aromatic heterocycles. The quantitative estimate of drug-likeness (QED) is 0.490. The van der Waals surface area contributed by atoms with Gasteiger partial charge in [-0.1, -0.05) is 32.4 Å². The molecule has 0 aliphatic carbocycles. The Bertz CT molecular complexity index is 1110. The maximum atomic E-state index is 12.9. The lowest BCUT2D eigenvalue weighted by atomic mass is 9.98. The highest BCUT2D eigenvalue weighted by Crippen LogP contribution is 2.25. The normalized spacial score (nSPS) is 13.5. The molecule has 1 amide bonds. The molecular weight excluding hydrogens is 364 g/mol. The number of hydrogen-bond acceptors (Lipinski definition) is 3. The lowest BCUT2D eigenvalue weighted by Gasteiger charge is -2.22. The number of carbonyl (C=O) groups is 1. The molecule has 2 atom stereocenters. The van der Waals surface area contributed by atoms with Crippen molar-refractivity contribution in [3.8, 4) is 5.75 Å². The number of ether oxygens (including phenoxy) is 1. The molecule has 150 valence electrons. The first kappa shape index (κ1) is 19.1. The van der Waals surface area contributed by atoms with Gasteiger partial charge in [0.25, 0.3) is 0 Å². The fourth-order valence-corrected chi connectivity index (χ4v) is 3.65. The number of amides is 1. The van der Waals surface area contributed by atoms with E-state index >= 15 is 0 Å². The second kappa shape index (κ2) is 7.99. The van der Waals surface area contributed by atoms with Crippen LogP contribution >= 0.6 is 0 Å². The second-order valence-electron chi connectivity index (χ2n) is 7.44. The van der Waals surface area contributed by atoms with E-state index in [-0.39, 0.29) is 24.4 Å². The first-order valence-corrected chi connectivity index (χ1v) is 9.96. The molecule has 0 aliphatic rings. The van der Waals surface area contributed by atoms with Crippen LogP contribution in [0.2, 0.25) is 0 Å². The number of fused-ring (bicyclic) bond motifs is 2. The summed E-state index contributed by atoms with van der Waals surface area (Å²) in [7, 11) is 1.65. The molecule has 6 nitrogen and oxygen atoms in total. The number of benzene rings is 2. The summed E-state index contributed by atoms with van der Waals surface area (Å²) >= 11 is 0. The van der Waals surface area contributed by atoms with Crippen molar-refractivity contribution in [1.82, 2.24) is 19.9 Å². The molecule has 0 bridgehead atoms. The van der Waals surface area contributed by atoms with Crippen molar-refractivity contribution in [3.05, 3.63) is 60.6 Å².